The molecule has 387 valence electrons. The van der Waals surface area contributed by atoms with Crippen molar-refractivity contribution in [1.82, 2.24) is 24.5 Å². The zero-order chi connectivity index (χ0) is 49.1. The average Bonchev–Trinajstić information content (AvgIpc) is 3.28. The van der Waals surface area contributed by atoms with Crippen LogP contribution in [0, 0.1) is 43.8 Å². The minimum absolute atomic E-state index is 0. The van der Waals surface area contributed by atoms with E-state index in [4.69, 9.17) is 14.2 Å². The van der Waals surface area contributed by atoms with Gasteiger partial charge in [0.1, 0.15) is 18.4 Å². The van der Waals surface area contributed by atoms with Gasteiger partial charge in [-0.05, 0) is 66.3 Å². The molecule has 2 aliphatic rings. The number of carboxylic acids is 3. The molecular formula is C50H66F3LuN5O10. The van der Waals surface area contributed by atoms with E-state index in [2.05, 4.69) is 11.5 Å². The molecule has 15 nitrogen and oxygen atoms in total. The van der Waals surface area contributed by atoms with Crippen LogP contribution in [0.4, 0.5) is 13.2 Å². The summed E-state index contributed by atoms with van der Waals surface area (Å²) < 4.78 is 62.2. The summed E-state index contributed by atoms with van der Waals surface area (Å²) in [5, 5.41) is 38.8. The number of likely N-dealkylation sites (tertiary alicyclic amines) is 1. The number of benzene rings is 3. The topological polar surface area (TPSA) is 176 Å². The monoisotopic (exact) mass is 1130 g/mol. The zero-order valence-electron chi connectivity index (χ0n) is 39.1. The van der Waals surface area contributed by atoms with Gasteiger partial charge in [0.25, 0.3) is 0 Å². The molecule has 0 amide bonds. The molecule has 2 heterocycles. The molecule has 5 rings (SSSR count). The Hall–Kier alpha value is -4.11. The van der Waals surface area contributed by atoms with Crippen LogP contribution in [0.25, 0.3) is 23.3 Å². The van der Waals surface area contributed by atoms with Crippen molar-refractivity contribution in [3.63, 3.8) is 0 Å². The molecule has 19 heteroatoms. The Bertz CT molecular complexity index is 2120. The van der Waals surface area contributed by atoms with E-state index in [0.29, 0.717) is 84.9 Å². The molecule has 1 radical (unpaired) electrons. The molecule has 0 saturated carbocycles. The van der Waals surface area contributed by atoms with E-state index in [0.717, 1.165) is 34.7 Å². The second-order valence-corrected chi connectivity index (χ2v) is 17.2. The van der Waals surface area contributed by atoms with E-state index >= 15 is 0 Å². The first-order valence-electron chi connectivity index (χ1n) is 23.1. The third-order valence-electron chi connectivity index (χ3n) is 12.2. The van der Waals surface area contributed by atoms with Crippen LogP contribution in [-0.4, -0.2) is 187 Å². The van der Waals surface area contributed by atoms with E-state index in [1.807, 2.05) is 60.4 Å². The van der Waals surface area contributed by atoms with E-state index < -0.39 is 35.7 Å². The smallest absolute Gasteiger partial charge is 0.417 e. The number of aliphatic hydroxyl groups excluding tert-OH is 1. The molecule has 0 aromatic heterocycles. The molecule has 2 fully saturated rings. The summed E-state index contributed by atoms with van der Waals surface area (Å²) >= 11 is 0. The third kappa shape index (κ3) is 19.5. The number of piperidine rings is 1. The molecule has 0 bridgehead atoms. The maximum absolute atomic E-state index is 14.8. The van der Waals surface area contributed by atoms with Crippen LogP contribution in [0.3, 0.4) is 0 Å². The molecule has 69 heavy (non-hydrogen) atoms. The summed E-state index contributed by atoms with van der Waals surface area (Å²) in [5.41, 5.74) is 2.90. The fraction of sp³-hybridized carbons (Fsp3) is 0.500. The van der Waals surface area contributed by atoms with Gasteiger partial charge in [-0.15, -0.1) is 0 Å². The molecule has 0 spiro atoms. The number of ether oxygens (including phenoxy) is 3. The molecule has 0 unspecified atom stereocenters. The normalized spacial score (nSPS) is 17.7. The number of aliphatic carboxylic acids is 3. The Kier molecular flexibility index (Phi) is 24.4. The Morgan fingerprint density at radius 3 is 1.84 bits per heavy atom. The molecule has 1 atom stereocenters. The number of hydrogen-bond donors (Lipinski definition) is 4. The third-order valence-corrected chi connectivity index (χ3v) is 12.2. The van der Waals surface area contributed by atoms with Crippen LogP contribution in [0.1, 0.15) is 47.1 Å². The van der Waals surface area contributed by atoms with Gasteiger partial charge in [-0.25, -0.2) is 0 Å². The van der Waals surface area contributed by atoms with Gasteiger partial charge in [0.2, 0.25) is 0 Å². The maximum atomic E-state index is 14.8. The van der Waals surface area contributed by atoms with Gasteiger partial charge in [-0.1, -0.05) is 73.7 Å². The minimum Gasteiger partial charge on any atom is -0.512 e. The van der Waals surface area contributed by atoms with Gasteiger partial charge < -0.3 is 34.6 Å². The molecule has 2 saturated heterocycles. The molecule has 4 N–H and O–H groups in total. The number of halogens is 3. The Morgan fingerprint density at radius 2 is 1.26 bits per heavy atom. The van der Waals surface area contributed by atoms with Crippen molar-refractivity contribution >= 4 is 30.1 Å². The van der Waals surface area contributed by atoms with Crippen LogP contribution in [-0.2, 0) is 36.6 Å². The van der Waals surface area contributed by atoms with Gasteiger partial charge in [0.15, 0.2) is 0 Å². The van der Waals surface area contributed by atoms with Gasteiger partial charge in [-0.3, -0.25) is 38.9 Å². The first-order valence-corrected chi connectivity index (χ1v) is 23.1. The number of aliphatic hydroxyl groups is 1. The van der Waals surface area contributed by atoms with E-state index in [9.17, 15) is 48.0 Å². The fourth-order valence-corrected chi connectivity index (χ4v) is 8.55. The van der Waals surface area contributed by atoms with Crippen LogP contribution in [0.15, 0.2) is 73.0 Å². The summed E-state index contributed by atoms with van der Waals surface area (Å²) in [4.78, 5) is 44.7. The van der Waals surface area contributed by atoms with Crippen molar-refractivity contribution in [2.75, 3.05) is 118 Å². The van der Waals surface area contributed by atoms with E-state index in [1.54, 1.807) is 20.8 Å². The number of hydrogen-bond acceptors (Lipinski definition) is 12. The second kappa shape index (κ2) is 29.3. The van der Waals surface area contributed by atoms with Crippen LogP contribution < -0.4 is 4.74 Å². The number of rotatable bonds is 22. The molecule has 3 aromatic rings. The minimum atomic E-state index is -4.71. The largest absolute Gasteiger partial charge is 0.512 e. The van der Waals surface area contributed by atoms with Crippen LogP contribution in [0.5, 0.6) is 5.75 Å². The van der Waals surface area contributed by atoms with E-state index in [1.165, 1.54) is 12.1 Å². The SMILES string of the molecule is C=C(O)CN1CCN(CCOCCOCCOc2cc(/C=C/c3cccc(-c4ccccc4)c3C)c(C(F)(F)F)cc2CN2CCCC[C@H]2C(=O)O)CCN(CC(=O)O)CCN(CC(=O)O)CC1.[Lu]. The quantitative estimate of drug-likeness (QED) is 0.0511. The summed E-state index contributed by atoms with van der Waals surface area (Å²) in [7, 11) is 0. The number of carboxylic acid groups (broad SMARTS) is 3. The first-order chi connectivity index (χ1) is 32.6. The summed E-state index contributed by atoms with van der Waals surface area (Å²) in [6.07, 6.45) is 0.234. The Morgan fingerprint density at radius 1 is 0.696 bits per heavy atom. The maximum Gasteiger partial charge on any atom is 0.417 e. The summed E-state index contributed by atoms with van der Waals surface area (Å²) in [5.74, 6) is -2.77. The van der Waals surface area contributed by atoms with Crippen molar-refractivity contribution in [3.05, 3.63) is 101 Å². The van der Waals surface area contributed by atoms with Gasteiger partial charge in [0, 0.05) is 108 Å². The molecule has 2 aliphatic heterocycles. The average molecular weight is 1130 g/mol. The summed E-state index contributed by atoms with van der Waals surface area (Å²) in [6.45, 7) is 10.9. The van der Waals surface area contributed by atoms with E-state index in [-0.39, 0.29) is 112 Å². The molecular weight excluding hydrogens is 1060 g/mol. The van der Waals surface area contributed by atoms with Gasteiger partial charge in [-0.2, -0.15) is 13.2 Å². The second-order valence-electron chi connectivity index (χ2n) is 17.2. The zero-order valence-corrected chi connectivity index (χ0v) is 40.8. The predicted octanol–water partition coefficient (Wildman–Crippen LogP) is 6.16. The Labute approximate surface area is 431 Å². The van der Waals surface area contributed by atoms with Crippen molar-refractivity contribution in [2.24, 2.45) is 0 Å². The summed E-state index contributed by atoms with van der Waals surface area (Å²) in [6, 6.07) is 17.0. The van der Waals surface area contributed by atoms with Crippen molar-refractivity contribution in [3.8, 4) is 16.9 Å². The molecule has 3 aromatic carbocycles. The van der Waals surface area contributed by atoms with Gasteiger partial charge >= 0.3 is 24.1 Å². The predicted molar refractivity (Wildman–Crippen MR) is 253 cm³/mol. The first kappa shape index (κ1) is 57.5. The number of alkyl halides is 3. The standard InChI is InChI=1S/C50H66F3N5O10.Lu/c1-37(59)33-55-19-17-54(18-20-56(35-47(60)61)23-24-57(22-21-55)36-48(62)63)25-26-66-27-28-67-29-30-68-46-32-41(15-14-39-11-8-12-43(38(39)2)40-9-4-3-5-10-40)44(50(51,52)53)31-42(46)34-58-16-7-6-13-45(58)49(64)65;/h3-5,8-12,14-15,31-32,45,59H,1,6-7,13,16-30,33-36H2,2H3,(H,60,61)(H,62,63)(H,64,65);/b15-14+;/t45-;/m0./s1. The number of nitrogens with zero attached hydrogens (tertiary/aromatic N) is 5. The van der Waals surface area contributed by atoms with Crippen molar-refractivity contribution in [1.29, 1.82) is 0 Å². The fourth-order valence-electron chi connectivity index (χ4n) is 8.55. The van der Waals surface area contributed by atoms with Crippen LogP contribution >= 0.6 is 0 Å². The number of carbonyl (C=O) groups is 3. The Balaban J connectivity index is 0.0000104. The van der Waals surface area contributed by atoms with Crippen LogP contribution in [0.2, 0.25) is 0 Å². The van der Waals surface area contributed by atoms with Crippen molar-refractivity contribution in [2.45, 2.75) is 44.9 Å². The molecule has 0 aliphatic carbocycles. The van der Waals surface area contributed by atoms with Crippen molar-refractivity contribution < 1.29 is 99.1 Å². The van der Waals surface area contributed by atoms with Gasteiger partial charge in [0.05, 0.1) is 57.4 Å².